The number of hydrogen-bond acceptors (Lipinski definition) is 3. The Morgan fingerprint density at radius 1 is 1.12 bits per heavy atom. The zero-order valence-corrected chi connectivity index (χ0v) is 16.3. The predicted octanol–water partition coefficient (Wildman–Crippen LogP) is 5.16. The fourth-order valence-corrected chi connectivity index (χ4v) is 3.09. The number of para-hydroxylation sites is 1. The third kappa shape index (κ3) is 5.90. The average Bonchev–Trinajstić information content (AvgIpc) is 2.58. The molecule has 0 aromatic heterocycles. The van der Waals surface area contributed by atoms with Crippen LogP contribution in [0.5, 0.6) is 5.75 Å². The monoisotopic (exact) mass is 395 g/mol. The quantitative estimate of drug-likeness (QED) is 0.615. The third-order valence-electron chi connectivity index (χ3n) is 3.95. The predicted molar refractivity (Wildman–Crippen MR) is 105 cm³/mol. The summed E-state index contributed by atoms with van der Waals surface area (Å²) in [6.07, 6.45) is 0.563. The van der Waals surface area contributed by atoms with Crippen molar-refractivity contribution in [3.8, 4) is 5.75 Å². The van der Waals surface area contributed by atoms with Crippen molar-refractivity contribution in [1.82, 2.24) is 5.32 Å². The number of carboxylic acids is 1. The number of aliphatic carboxylic acids is 1. The van der Waals surface area contributed by atoms with E-state index in [2.05, 4.69) is 5.32 Å². The zero-order valence-electron chi connectivity index (χ0n) is 14.8. The summed E-state index contributed by atoms with van der Waals surface area (Å²) in [4.78, 5) is 11.4. The van der Waals surface area contributed by atoms with Gasteiger partial charge in [-0.2, -0.15) is 0 Å². The summed E-state index contributed by atoms with van der Waals surface area (Å²) in [5.41, 5.74) is 1.60. The minimum atomic E-state index is -0.847. The van der Waals surface area contributed by atoms with Crippen molar-refractivity contribution in [3.05, 3.63) is 63.6 Å². The van der Waals surface area contributed by atoms with Crippen molar-refractivity contribution in [2.24, 2.45) is 5.92 Å². The smallest absolute Gasteiger partial charge is 0.320 e. The van der Waals surface area contributed by atoms with Crippen molar-refractivity contribution in [3.63, 3.8) is 0 Å². The second kappa shape index (κ2) is 9.81. The van der Waals surface area contributed by atoms with Gasteiger partial charge in [0.25, 0.3) is 0 Å². The first kappa shape index (κ1) is 20.6. The van der Waals surface area contributed by atoms with Crippen LogP contribution in [-0.4, -0.2) is 17.1 Å². The lowest BCUT2D eigenvalue weighted by molar-refractivity contribution is -0.140. The standard InChI is InChI=1S/C20H23Cl2NO3/c1-13(2)10-18(20(24)25)23-11-14-6-3-4-9-19(14)26-12-15-16(21)7-5-8-17(15)22/h3-9,13,18,23H,10-12H2,1-2H3,(H,24,25). The maximum atomic E-state index is 11.4. The topological polar surface area (TPSA) is 58.6 Å². The molecule has 0 saturated carbocycles. The summed E-state index contributed by atoms with van der Waals surface area (Å²) >= 11 is 12.4. The highest BCUT2D eigenvalue weighted by molar-refractivity contribution is 6.35. The summed E-state index contributed by atoms with van der Waals surface area (Å²) in [5.74, 6) is 0.113. The minimum absolute atomic E-state index is 0.240. The third-order valence-corrected chi connectivity index (χ3v) is 4.66. The van der Waals surface area contributed by atoms with Gasteiger partial charge in [0.1, 0.15) is 18.4 Å². The number of hydrogen-bond donors (Lipinski definition) is 2. The van der Waals surface area contributed by atoms with Crippen LogP contribution >= 0.6 is 23.2 Å². The normalized spacial score (nSPS) is 12.2. The maximum Gasteiger partial charge on any atom is 0.320 e. The Balaban J connectivity index is 2.06. The molecular weight excluding hydrogens is 373 g/mol. The van der Waals surface area contributed by atoms with Gasteiger partial charge in [-0.3, -0.25) is 4.79 Å². The summed E-state index contributed by atoms with van der Waals surface area (Å²) in [6, 6.07) is 12.2. The van der Waals surface area contributed by atoms with Crippen LogP contribution in [0.2, 0.25) is 10.0 Å². The molecule has 0 saturated heterocycles. The van der Waals surface area contributed by atoms with Crippen molar-refractivity contribution in [1.29, 1.82) is 0 Å². The van der Waals surface area contributed by atoms with E-state index in [1.165, 1.54) is 0 Å². The molecule has 0 bridgehead atoms. The van der Waals surface area contributed by atoms with Crippen molar-refractivity contribution in [2.75, 3.05) is 0 Å². The van der Waals surface area contributed by atoms with Crippen molar-refractivity contribution >= 4 is 29.2 Å². The Hall–Kier alpha value is -1.75. The summed E-state index contributed by atoms with van der Waals surface area (Å²) < 4.78 is 5.90. The van der Waals surface area contributed by atoms with Crippen LogP contribution in [0.4, 0.5) is 0 Å². The Morgan fingerprint density at radius 2 is 1.77 bits per heavy atom. The molecule has 0 heterocycles. The lowest BCUT2D eigenvalue weighted by Gasteiger charge is -2.18. The molecule has 0 spiro atoms. The maximum absolute atomic E-state index is 11.4. The SMILES string of the molecule is CC(C)CC(NCc1ccccc1OCc1c(Cl)cccc1Cl)C(=O)O. The summed E-state index contributed by atoms with van der Waals surface area (Å²) in [6.45, 7) is 4.64. The van der Waals surface area contributed by atoms with Crippen LogP contribution in [0.1, 0.15) is 31.4 Å². The lowest BCUT2D eigenvalue weighted by atomic mass is 10.0. The summed E-state index contributed by atoms with van der Waals surface area (Å²) in [7, 11) is 0. The van der Waals surface area contributed by atoms with Crippen LogP contribution in [0.3, 0.4) is 0 Å². The number of carboxylic acid groups (broad SMARTS) is 1. The van der Waals surface area contributed by atoms with Gasteiger partial charge >= 0.3 is 5.97 Å². The lowest BCUT2D eigenvalue weighted by Crippen LogP contribution is -2.37. The first-order valence-electron chi connectivity index (χ1n) is 8.48. The number of benzene rings is 2. The van der Waals surface area contributed by atoms with Gasteiger partial charge in [-0.05, 0) is 30.5 Å². The molecule has 0 aliphatic heterocycles. The fourth-order valence-electron chi connectivity index (χ4n) is 2.59. The van der Waals surface area contributed by atoms with Crippen molar-refractivity contribution in [2.45, 2.75) is 39.5 Å². The number of ether oxygens (including phenoxy) is 1. The highest BCUT2D eigenvalue weighted by Crippen LogP contribution is 2.27. The van der Waals surface area contributed by atoms with E-state index in [9.17, 15) is 9.90 Å². The van der Waals surface area contributed by atoms with Crippen LogP contribution in [-0.2, 0) is 17.9 Å². The first-order valence-corrected chi connectivity index (χ1v) is 9.23. The molecule has 2 aromatic carbocycles. The van der Waals surface area contributed by atoms with E-state index in [1.807, 2.05) is 38.1 Å². The van der Waals surface area contributed by atoms with Crippen LogP contribution in [0.25, 0.3) is 0 Å². The molecule has 26 heavy (non-hydrogen) atoms. The fraction of sp³-hybridized carbons (Fsp3) is 0.350. The molecule has 2 rings (SSSR count). The molecule has 0 aliphatic rings. The van der Waals surface area contributed by atoms with Gasteiger partial charge in [-0.15, -0.1) is 0 Å². The van der Waals surface area contributed by atoms with Gasteiger partial charge < -0.3 is 15.2 Å². The van der Waals surface area contributed by atoms with E-state index >= 15 is 0 Å². The van der Waals surface area contributed by atoms with E-state index in [4.69, 9.17) is 27.9 Å². The second-order valence-electron chi connectivity index (χ2n) is 6.50. The van der Waals surface area contributed by atoms with E-state index in [0.717, 1.165) is 11.1 Å². The van der Waals surface area contributed by atoms with Crippen LogP contribution < -0.4 is 10.1 Å². The highest BCUT2D eigenvalue weighted by atomic mass is 35.5. The molecule has 0 amide bonds. The van der Waals surface area contributed by atoms with E-state index < -0.39 is 12.0 Å². The number of halogens is 2. The Bertz CT molecular complexity index is 729. The molecule has 2 N–H and O–H groups in total. The van der Waals surface area contributed by atoms with Gasteiger partial charge in [-0.1, -0.05) is 61.3 Å². The largest absolute Gasteiger partial charge is 0.488 e. The van der Waals surface area contributed by atoms with E-state index in [1.54, 1.807) is 18.2 Å². The van der Waals surface area contributed by atoms with Crippen LogP contribution in [0, 0.1) is 5.92 Å². The minimum Gasteiger partial charge on any atom is -0.488 e. The molecule has 140 valence electrons. The van der Waals surface area contributed by atoms with Crippen LogP contribution in [0.15, 0.2) is 42.5 Å². The molecule has 2 aromatic rings. The number of carbonyl (C=O) groups is 1. The number of rotatable bonds is 9. The van der Waals surface area contributed by atoms with Gasteiger partial charge in [0.2, 0.25) is 0 Å². The molecule has 0 fully saturated rings. The van der Waals surface area contributed by atoms with Gasteiger partial charge in [-0.25, -0.2) is 0 Å². The zero-order chi connectivity index (χ0) is 19.1. The van der Waals surface area contributed by atoms with Gasteiger partial charge in [0, 0.05) is 27.7 Å². The Morgan fingerprint density at radius 3 is 2.38 bits per heavy atom. The molecule has 6 heteroatoms. The van der Waals surface area contributed by atoms with E-state index in [0.29, 0.717) is 28.8 Å². The first-order chi connectivity index (χ1) is 12.4. The van der Waals surface area contributed by atoms with Crippen molar-refractivity contribution < 1.29 is 14.6 Å². The van der Waals surface area contributed by atoms with Gasteiger partial charge in [0.05, 0.1) is 0 Å². The Kier molecular flexibility index (Phi) is 7.76. The molecule has 1 unspecified atom stereocenters. The average molecular weight is 396 g/mol. The molecule has 4 nitrogen and oxygen atoms in total. The summed E-state index contributed by atoms with van der Waals surface area (Å²) in [5, 5.41) is 13.6. The molecule has 1 atom stereocenters. The molecule has 0 radical (unpaired) electrons. The second-order valence-corrected chi connectivity index (χ2v) is 7.31. The molecular formula is C20H23Cl2NO3. The number of nitrogens with one attached hydrogen (secondary N) is 1. The van der Waals surface area contributed by atoms with E-state index in [-0.39, 0.29) is 12.5 Å². The highest BCUT2D eigenvalue weighted by Gasteiger charge is 2.18. The van der Waals surface area contributed by atoms with Gasteiger partial charge in [0.15, 0.2) is 0 Å². The molecule has 0 aliphatic carbocycles. The Labute approximate surface area is 164 Å².